The van der Waals surface area contributed by atoms with E-state index in [1.807, 2.05) is 27.8 Å². The lowest BCUT2D eigenvalue weighted by atomic mass is 9.76. The van der Waals surface area contributed by atoms with Crippen LogP contribution >= 0.6 is 0 Å². The predicted octanol–water partition coefficient (Wildman–Crippen LogP) is 0.813. The number of hydrogen-bond acceptors (Lipinski definition) is 5. The number of aromatic nitrogens is 3. The summed E-state index contributed by atoms with van der Waals surface area (Å²) < 4.78 is 7.62. The fourth-order valence-electron chi connectivity index (χ4n) is 4.58. The molecule has 1 saturated heterocycles. The second-order valence-electron chi connectivity index (χ2n) is 8.08. The van der Waals surface area contributed by atoms with E-state index in [-0.39, 0.29) is 17.9 Å². The maximum Gasteiger partial charge on any atom is 0.271 e. The number of pyridine rings is 1. The highest BCUT2D eigenvalue weighted by molar-refractivity contribution is 5.92. The summed E-state index contributed by atoms with van der Waals surface area (Å²) in [5, 5.41) is 3.12. The molecular weight excluding hydrogens is 370 g/mol. The molecule has 152 valence electrons. The first-order valence-electron chi connectivity index (χ1n) is 10.3. The standard InChI is InChI=1S/C21H25N5O3/c27-20(10-14-2-1-5-22-12-14)25-6-3-19-23-17(13-26(19)8-7-25)21(28)24-16-11-18-15(16)4-9-29-18/h1-2,5,12-13,15-16,18H,3-4,6-11H2,(H,24,28)/t15-,16+,18+/m0/s1. The summed E-state index contributed by atoms with van der Waals surface area (Å²) in [5.41, 5.74) is 1.39. The molecule has 2 amide bonds. The van der Waals surface area contributed by atoms with Gasteiger partial charge in [-0.2, -0.15) is 0 Å². The van der Waals surface area contributed by atoms with Crippen LogP contribution in [0.3, 0.4) is 0 Å². The number of carbonyl (C=O) groups is 2. The van der Waals surface area contributed by atoms with Crippen LogP contribution in [0.4, 0.5) is 0 Å². The molecular formula is C21H25N5O3. The van der Waals surface area contributed by atoms with Crippen molar-refractivity contribution in [2.24, 2.45) is 5.92 Å². The average Bonchev–Trinajstić information content (AvgIpc) is 3.24. The molecule has 3 atom stereocenters. The van der Waals surface area contributed by atoms with E-state index in [0.717, 1.165) is 30.8 Å². The van der Waals surface area contributed by atoms with E-state index in [0.29, 0.717) is 50.2 Å². The minimum Gasteiger partial charge on any atom is -0.378 e. The fourth-order valence-corrected chi connectivity index (χ4v) is 4.58. The van der Waals surface area contributed by atoms with Gasteiger partial charge in [0, 0.05) is 63.2 Å². The van der Waals surface area contributed by atoms with Crippen molar-refractivity contribution in [3.63, 3.8) is 0 Å². The zero-order valence-electron chi connectivity index (χ0n) is 16.3. The van der Waals surface area contributed by atoms with Gasteiger partial charge in [0.1, 0.15) is 11.5 Å². The topological polar surface area (TPSA) is 89.4 Å². The van der Waals surface area contributed by atoms with Crippen LogP contribution in [-0.2, 0) is 28.9 Å². The molecule has 0 spiro atoms. The number of fused-ring (bicyclic) bond motifs is 2. The highest BCUT2D eigenvalue weighted by Crippen LogP contribution is 2.38. The normalized spacial score (nSPS) is 25.5. The minimum absolute atomic E-state index is 0.0973. The molecule has 1 saturated carbocycles. The van der Waals surface area contributed by atoms with Crippen molar-refractivity contribution >= 4 is 11.8 Å². The van der Waals surface area contributed by atoms with Crippen LogP contribution < -0.4 is 5.32 Å². The quantitative estimate of drug-likeness (QED) is 0.828. The smallest absolute Gasteiger partial charge is 0.271 e. The maximum absolute atomic E-state index is 12.6. The SMILES string of the molecule is O=C(N[C@@H]1C[C@H]2OCC[C@@H]12)c1cn2c(n1)CCN(C(=O)Cc1cccnc1)CC2. The molecule has 2 aromatic rings. The van der Waals surface area contributed by atoms with Gasteiger partial charge in [-0.05, 0) is 24.5 Å². The summed E-state index contributed by atoms with van der Waals surface area (Å²) in [5.74, 6) is 1.31. The second-order valence-corrected chi connectivity index (χ2v) is 8.08. The van der Waals surface area contributed by atoms with Gasteiger partial charge in [0.25, 0.3) is 5.91 Å². The van der Waals surface area contributed by atoms with Crippen LogP contribution in [0.5, 0.6) is 0 Å². The van der Waals surface area contributed by atoms with Crippen LogP contribution in [0.15, 0.2) is 30.7 Å². The summed E-state index contributed by atoms with van der Waals surface area (Å²) >= 11 is 0. The van der Waals surface area contributed by atoms with E-state index in [9.17, 15) is 9.59 Å². The molecule has 0 bridgehead atoms. The second kappa shape index (κ2) is 7.59. The summed E-state index contributed by atoms with van der Waals surface area (Å²) in [6.45, 7) is 2.68. The Labute approximate surface area is 169 Å². The van der Waals surface area contributed by atoms with Crippen molar-refractivity contribution in [3.05, 3.63) is 47.8 Å². The third-order valence-electron chi connectivity index (χ3n) is 6.32. The lowest BCUT2D eigenvalue weighted by molar-refractivity contribution is -0.130. The van der Waals surface area contributed by atoms with Gasteiger partial charge in [-0.3, -0.25) is 14.6 Å². The molecule has 2 fully saturated rings. The van der Waals surface area contributed by atoms with E-state index in [2.05, 4.69) is 15.3 Å². The van der Waals surface area contributed by atoms with Gasteiger partial charge in [0.15, 0.2) is 0 Å². The van der Waals surface area contributed by atoms with Crippen molar-refractivity contribution in [1.29, 1.82) is 0 Å². The Bertz CT molecular complexity index is 887. The summed E-state index contributed by atoms with van der Waals surface area (Å²) in [4.78, 5) is 35.7. The zero-order chi connectivity index (χ0) is 19.8. The van der Waals surface area contributed by atoms with Gasteiger partial charge < -0.3 is 19.5 Å². The Morgan fingerprint density at radius 3 is 3.03 bits per heavy atom. The van der Waals surface area contributed by atoms with Crippen LogP contribution in [0.25, 0.3) is 0 Å². The van der Waals surface area contributed by atoms with E-state index in [4.69, 9.17) is 4.74 Å². The van der Waals surface area contributed by atoms with Crippen molar-refractivity contribution in [1.82, 2.24) is 24.8 Å². The van der Waals surface area contributed by atoms with Gasteiger partial charge in [0.2, 0.25) is 5.91 Å². The third kappa shape index (κ3) is 3.64. The van der Waals surface area contributed by atoms with Crippen LogP contribution in [0, 0.1) is 5.92 Å². The number of amides is 2. The van der Waals surface area contributed by atoms with Crippen LogP contribution in [0.2, 0.25) is 0 Å². The molecule has 8 heteroatoms. The molecule has 29 heavy (non-hydrogen) atoms. The van der Waals surface area contributed by atoms with E-state index in [1.165, 1.54) is 0 Å². The molecule has 2 aliphatic heterocycles. The Balaban J connectivity index is 1.18. The summed E-state index contributed by atoms with van der Waals surface area (Å²) in [6, 6.07) is 3.97. The van der Waals surface area contributed by atoms with Gasteiger partial charge in [-0.25, -0.2) is 4.98 Å². The summed E-state index contributed by atoms with van der Waals surface area (Å²) in [6.07, 6.45) is 8.52. The van der Waals surface area contributed by atoms with Crippen molar-refractivity contribution < 1.29 is 14.3 Å². The number of nitrogens with zero attached hydrogens (tertiary/aromatic N) is 4. The molecule has 4 heterocycles. The molecule has 0 unspecified atom stereocenters. The van der Waals surface area contributed by atoms with Gasteiger partial charge in [-0.1, -0.05) is 6.07 Å². The van der Waals surface area contributed by atoms with Crippen molar-refractivity contribution in [3.8, 4) is 0 Å². The number of imidazole rings is 1. The lowest BCUT2D eigenvalue weighted by Gasteiger charge is -2.39. The Hall–Kier alpha value is -2.74. The molecule has 5 rings (SSSR count). The molecule has 8 nitrogen and oxygen atoms in total. The molecule has 3 aliphatic rings. The monoisotopic (exact) mass is 395 g/mol. The minimum atomic E-state index is -0.106. The zero-order valence-corrected chi connectivity index (χ0v) is 16.3. The highest BCUT2D eigenvalue weighted by atomic mass is 16.5. The molecule has 1 aliphatic carbocycles. The van der Waals surface area contributed by atoms with Crippen molar-refractivity contribution in [2.75, 3.05) is 19.7 Å². The Kier molecular flexibility index (Phi) is 4.79. The first-order chi connectivity index (χ1) is 14.2. The van der Waals surface area contributed by atoms with Crippen LogP contribution in [-0.4, -0.2) is 63.1 Å². The van der Waals surface area contributed by atoms with E-state index < -0.39 is 0 Å². The predicted molar refractivity (Wildman–Crippen MR) is 104 cm³/mol. The number of carbonyl (C=O) groups excluding carboxylic acids is 2. The van der Waals surface area contributed by atoms with Gasteiger partial charge in [-0.15, -0.1) is 0 Å². The number of rotatable bonds is 4. The van der Waals surface area contributed by atoms with Gasteiger partial charge >= 0.3 is 0 Å². The van der Waals surface area contributed by atoms with Crippen molar-refractivity contribution in [2.45, 2.75) is 44.4 Å². The number of ether oxygens (including phenoxy) is 1. The Morgan fingerprint density at radius 2 is 2.21 bits per heavy atom. The molecule has 0 aromatic carbocycles. The highest BCUT2D eigenvalue weighted by Gasteiger charge is 2.46. The van der Waals surface area contributed by atoms with Gasteiger partial charge in [0.05, 0.1) is 12.5 Å². The summed E-state index contributed by atoms with van der Waals surface area (Å²) in [7, 11) is 0. The average molecular weight is 395 g/mol. The first kappa shape index (κ1) is 18.3. The third-order valence-corrected chi connectivity index (χ3v) is 6.32. The fraction of sp³-hybridized carbons (Fsp3) is 0.524. The largest absolute Gasteiger partial charge is 0.378 e. The van der Waals surface area contributed by atoms with Crippen LogP contribution in [0.1, 0.15) is 34.7 Å². The maximum atomic E-state index is 12.6. The lowest BCUT2D eigenvalue weighted by Crippen LogP contribution is -2.53. The van der Waals surface area contributed by atoms with E-state index in [1.54, 1.807) is 12.4 Å². The number of nitrogens with one attached hydrogen (secondary N) is 1. The Morgan fingerprint density at radius 1 is 1.28 bits per heavy atom. The first-order valence-corrected chi connectivity index (χ1v) is 10.3. The molecule has 2 aromatic heterocycles. The molecule has 1 N–H and O–H groups in total. The van der Waals surface area contributed by atoms with E-state index >= 15 is 0 Å². The molecule has 0 radical (unpaired) electrons. The number of hydrogen-bond donors (Lipinski definition) is 1.